The van der Waals surface area contributed by atoms with Gasteiger partial charge in [0.15, 0.2) is 16.6 Å². The third-order valence-electron chi connectivity index (χ3n) is 2.19. The molecule has 0 radical (unpaired) electrons. The summed E-state index contributed by atoms with van der Waals surface area (Å²) in [6.45, 7) is 3.83. The molecule has 0 aliphatic rings. The minimum atomic E-state index is -0.399. The highest BCUT2D eigenvalue weighted by Crippen LogP contribution is 2.21. The van der Waals surface area contributed by atoms with Crippen LogP contribution in [-0.2, 0) is 0 Å². The molecule has 7 heteroatoms. The summed E-state index contributed by atoms with van der Waals surface area (Å²) in [5.41, 5.74) is 6.57. The maximum atomic E-state index is 11.8. The number of hydrogen-bond donors (Lipinski definition) is 2. The lowest BCUT2D eigenvalue weighted by Gasteiger charge is -2.02. The zero-order valence-electron chi connectivity index (χ0n) is 9.39. The molecule has 2 aromatic rings. The Morgan fingerprint density at radius 1 is 1.35 bits per heavy atom. The van der Waals surface area contributed by atoms with Crippen LogP contribution in [-0.4, -0.2) is 20.9 Å². The summed E-state index contributed by atoms with van der Waals surface area (Å²) in [5, 5.41) is 3.18. The van der Waals surface area contributed by atoms with Crippen molar-refractivity contribution in [3.05, 3.63) is 28.7 Å². The van der Waals surface area contributed by atoms with Gasteiger partial charge in [-0.2, -0.15) is 0 Å². The highest BCUT2D eigenvalue weighted by molar-refractivity contribution is 7.15. The smallest absolute Gasteiger partial charge is 0.279 e. The van der Waals surface area contributed by atoms with Crippen LogP contribution in [0.4, 0.5) is 10.9 Å². The molecular weight excluding hydrogens is 238 g/mol. The average Bonchev–Trinajstić information content (AvgIpc) is 2.58. The third kappa shape index (κ3) is 2.39. The van der Waals surface area contributed by atoms with Crippen LogP contribution in [0.2, 0.25) is 0 Å². The van der Waals surface area contributed by atoms with Gasteiger partial charge in [-0.05, 0) is 13.8 Å². The molecule has 2 aromatic heterocycles. The van der Waals surface area contributed by atoms with E-state index in [-0.39, 0.29) is 11.5 Å². The predicted molar refractivity (Wildman–Crippen MR) is 66.0 cm³/mol. The molecule has 88 valence electrons. The first-order valence-corrected chi connectivity index (χ1v) is 5.71. The van der Waals surface area contributed by atoms with Crippen LogP contribution >= 0.6 is 11.3 Å². The maximum Gasteiger partial charge on any atom is 0.279 e. The van der Waals surface area contributed by atoms with E-state index in [1.165, 1.54) is 23.7 Å². The first-order chi connectivity index (χ1) is 8.08. The number of nitrogens with zero attached hydrogens (tertiary/aromatic N) is 3. The number of hydrogen-bond acceptors (Lipinski definition) is 6. The molecule has 0 aromatic carbocycles. The molecule has 2 rings (SSSR count). The van der Waals surface area contributed by atoms with Crippen molar-refractivity contribution in [2.75, 3.05) is 11.1 Å². The van der Waals surface area contributed by atoms with Crippen molar-refractivity contribution in [3.63, 3.8) is 0 Å². The number of anilines is 2. The molecular formula is C10H11N5OS. The fourth-order valence-electron chi connectivity index (χ4n) is 1.21. The van der Waals surface area contributed by atoms with Gasteiger partial charge < -0.3 is 5.73 Å². The zero-order valence-corrected chi connectivity index (χ0v) is 10.2. The molecule has 2 heterocycles. The minimum Gasteiger partial charge on any atom is -0.382 e. The van der Waals surface area contributed by atoms with Crippen LogP contribution in [0.15, 0.2) is 12.4 Å². The quantitative estimate of drug-likeness (QED) is 0.838. The summed E-state index contributed by atoms with van der Waals surface area (Å²) in [7, 11) is 0. The molecule has 0 aliphatic heterocycles. The predicted octanol–water partition coefficient (Wildman–Crippen LogP) is 1.38. The van der Waals surface area contributed by atoms with Crippen molar-refractivity contribution >= 4 is 28.2 Å². The monoisotopic (exact) mass is 249 g/mol. The lowest BCUT2D eigenvalue weighted by Crippen LogP contribution is -2.16. The van der Waals surface area contributed by atoms with Gasteiger partial charge in [0.1, 0.15) is 0 Å². The van der Waals surface area contributed by atoms with Gasteiger partial charge in [0.25, 0.3) is 5.91 Å². The highest BCUT2D eigenvalue weighted by Gasteiger charge is 2.14. The zero-order chi connectivity index (χ0) is 12.4. The van der Waals surface area contributed by atoms with E-state index >= 15 is 0 Å². The molecule has 0 unspecified atom stereocenters. The molecule has 0 fully saturated rings. The second-order valence-corrected chi connectivity index (χ2v) is 4.61. The standard InChI is InChI=1S/C10H11N5OS/c1-5-6(2)17-10(14-5)15-9(16)7-8(11)13-4-3-12-7/h3-4H,1-2H3,(H2,11,13)(H,14,15,16). The van der Waals surface area contributed by atoms with Crippen molar-refractivity contribution in [1.82, 2.24) is 15.0 Å². The van der Waals surface area contributed by atoms with Crippen molar-refractivity contribution in [2.24, 2.45) is 0 Å². The first-order valence-electron chi connectivity index (χ1n) is 4.90. The number of thiazole rings is 1. The van der Waals surface area contributed by atoms with Crippen molar-refractivity contribution in [3.8, 4) is 0 Å². The fraction of sp³-hybridized carbons (Fsp3) is 0.200. The molecule has 1 amide bonds. The molecule has 0 saturated carbocycles. The molecule has 17 heavy (non-hydrogen) atoms. The number of nitrogens with one attached hydrogen (secondary N) is 1. The van der Waals surface area contributed by atoms with Gasteiger partial charge >= 0.3 is 0 Å². The number of aromatic nitrogens is 3. The Labute approximate surface area is 102 Å². The second-order valence-electron chi connectivity index (χ2n) is 3.40. The van der Waals surface area contributed by atoms with Gasteiger partial charge in [-0.1, -0.05) is 0 Å². The SMILES string of the molecule is Cc1nc(NC(=O)c2nccnc2N)sc1C. The van der Waals surface area contributed by atoms with E-state index in [0.717, 1.165) is 10.6 Å². The number of amides is 1. The van der Waals surface area contributed by atoms with Crippen LogP contribution in [0.3, 0.4) is 0 Å². The van der Waals surface area contributed by atoms with E-state index in [2.05, 4.69) is 20.3 Å². The Hall–Kier alpha value is -2.02. The Kier molecular flexibility index (Phi) is 3.01. The number of aryl methyl sites for hydroxylation is 2. The fourth-order valence-corrected chi connectivity index (χ4v) is 2.02. The van der Waals surface area contributed by atoms with Crippen LogP contribution in [0.5, 0.6) is 0 Å². The number of nitrogen functional groups attached to an aromatic ring is 1. The van der Waals surface area contributed by atoms with Crippen molar-refractivity contribution in [2.45, 2.75) is 13.8 Å². The Morgan fingerprint density at radius 2 is 2.06 bits per heavy atom. The number of rotatable bonds is 2. The van der Waals surface area contributed by atoms with Crippen LogP contribution in [0, 0.1) is 13.8 Å². The largest absolute Gasteiger partial charge is 0.382 e. The third-order valence-corrected chi connectivity index (χ3v) is 3.18. The molecule has 3 N–H and O–H groups in total. The van der Waals surface area contributed by atoms with Crippen LogP contribution in [0.25, 0.3) is 0 Å². The maximum absolute atomic E-state index is 11.8. The van der Waals surface area contributed by atoms with E-state index in [1.54, 1.807) is 0 Å². The Bertz CT molecular complexity index is 546. The molecule has 0 atom stereocenters. The van der Waals surface area contributed by atoms with Gasteiger partial charge in [-0.25, -0.2) is 15.0 Å². The Balaban J connectivity index is 2.20. The lowest BCUT2D eigenvalue weighted by atomic mass is 10.4. The van der Waals surface area contributed by atoms with E-state index < -0.39 is 5.91 Å². The highest BCUT2D eigenvalue weighted by atomic mass is 32.1. The molecule has 6 nitrogen and oxygen atoms in total. The van der Waals surface area contributed by atoms with Crippen molar-refractivity contribution < 1.29 is 4.79 Å². The topological polar surface area (TPSA) is 93.8 Å². The average molecular weight is 249 g/mol. The first kappa shape index (κ1) is 11.5. The summed E-state index contributed by atoms with van der Waals surface area (Å²) in [6.07, 6.45) is 2.85. The molecule has 0 bridgehead atoms. The summed E-state index contributed by atoms with van der Waals surface area (Å²) in [4.78, 5) is 24.8. The van der Waals surface area contributed by atoms with Gasteiger partial charge in [0.2, 0.25) is 0 Å². The number of nitrogens with two attached hydrogens (primary N) is 1. The van der Waals surface area contributed by atoms with Crippen LogP contribution < -0.4 is 11.1 Å². The van der Waals surface area contributed by atoms with E-state index in [0.29, 0.717) is 5.13 Å². The summed E-state index contributed by atoms with van der Waals surface area (Å²) < 4.78 is 0. The van der Waals surface area contributed by atoms with Crippen molar-refractivity contribution in [1.29, 1.82) is 0 Å². The number of carbonyl (C=O) groups excluding carboxylic acids is 1. The van der Waals surface area contributed by atoms with Crippen LogP contribution in [0.1, 0.15) is 21.1 Å². The molecule has 0 spiro atoms. The Morgan fingerprint density at radius 3 is 2.65 bits per heavy atom. The summed E-state index contributed by atoms with van der Waals surface area (Å²) in [5.74, 6) is -0.292. The van der Waals surface area contributed by atoms with E-state index in [4.69, 9.17) is 5.73 Å². The van der Waals surface area contributed by atoms with Gasteiger partial charge in [-0.3, -0.25) is 10.1 Å². The molecule has 0 saturated heterocycles. The summed E-state index contributed by atoms with van der Waals surface area (Å²) in [6, 6.07) is 0. The minimum absolute atomic E-state index is 0.106. The number of carbonyl (C=O) groups is 1. The van der Waals surface area contributed by atoms with E-state index in [1.807, 2.05) is 13.8 Å². The van der Waals surface area contributed by atoms with E-state index in [9.17, 15) is 4.79 Å². The van der Waals surface area contributed by atoms with Gasteiger partial charge in [0, 0.05) is 17.3 Å². The second kappa shape index (κ2) is 4.46. The molecule has 0 aliphatic carbocycles. The summed E-state index contributed by atoms with van der Waals surface area (Å²) >= 11 is 1.41. The lowest BCUT2D eigenvalue weighted by molar-refractivity contribution is 0.102. The normalized spacial score (nSPS) is 10.2. The van der Waals surface area contributed by atoms with Gasteiger partial charge in [-0.15, -0.1) is 11.3 Å². The van der Waals surface area contributed by atoms with Gasteiger partial charge in [0.05, 0.1) is 5.69 Å².